The maximum atomic E-state index is 13.0. The third kappa shape index (κ3) is 4.17. The van der Waals surface area contributed by atoms with Crippen molar-refractivity contribution in [2.45, 2.75) is 51.0 Å². The summed E-state index contributed by atoms with van der Waals surface area (Å²) in [6.45, 7) is 2.90. The molecule has 3 aliphatic rings. The molecule has 1 unspecified atom stereocenters. The lowest BCUT2D eigenvalue weighted by atomic mass is 9.81. The first-order chi connectivity index (χ1) is 16.9. The zero-order valence-corrected chi connectivity index (χ0v) is 20.0. The van der Waals surface area contributed by atoms with E-state index < -0.39 is 17.5 Å². The van der Waals surface area contributed by atoms with Crippen LogP contribution in [0.2, 0.25) is 0 Å². The van der Waals surface area contributed by atoms with E-state index >= 15 is 0 Å². The van der Waals surface area contributed by atoms with Crippen LogP contribution in [0.5, 0.6) is 0 Å². The second-order valence-corrected chi connectivity index (χ2v) is 10.1. The number of carbonyl (C=O) groups excluding carboxylic acids is 2. The van der Waals surface area contributed by atoms with Gasteiger partial charge in [0, 0.05) is 31.5 Å². The van der Waals surface area contributed by atoms with Gasteiger partial charge in [-0.3, -0.25) is 9.59 Å². The number of rotatable bonds is 7. The van der Waals surface area contributed by atoms with Crippen molar-refractivity contribution in [1.29, 1.82) is 0 Å². The zero-order valence-electron chi connectivity index (χ0n) is 20.0. The Morgan fingerprint density at radius 3 is 2.37 bits per heavy atom. The first kappa shape index (κ1) is 23.4. The van der Waals surface area contributed by atoms with Crippen LogP contribution in [-0.4, -0.2) is 53.7 Å². The molecule has 1 saturated heterocycles. The van der Waals surface area contributed by atoms with Gasteiger partial charge in [-0.25, -0.2) is 4.79 Å². The molecule has 2 N–H and O–H groups in total. The van der Waals surface area contributed by atoms with Crippen molar-refractivity contribution in [2.75, 3.05) is 19.7 Å². The van der Waals surface area contributed by atoms with Gasteiger partial charge in [-0.05, 0) is 47.4 Å². The van der Waals surface area contributed by atoms with E-state index in [1.165, 1.54) is 11.1 Å². The summed E-state index contributed by atoms with van der Waals surface area (Å²) in [5.41, 5.74) is 3.84. The smallest absolute Gasteiger partial charge is 0.407 e. The summed E-state index contributed by atoms with van der Waals surface area (Å²) in [5.74, 6) is -0.893. The first-order valence-electron chi connectivity index (χ1n) is 12.6. The molecule has 0 radical (unpaired) electrons. The molecule has 1 aliphatic heterocycles. The van der Waals surface area contributed by atoms with Gasteiger partial charge in [0.1, 0.15) is 6.61 Å². The number of nitrogens with one attached hydrogen (secondary N) is 1. The minimum atomic E-state index is -0.794. The molecule has 5 rings (SSSR count). The highest BCUT2D eigenvalue weighted by atomic mass is 16.5. The molecule has 2 aromatic carbocycles. The van der Waals surface area contributed by atoms with Crippen LogP contribution in [0.1, 0.15) is 56.1 Å². The number of carbonyl (C=O) groups is 3. The van der Waals surface area contributed by atoms with Gasteiger partial charge in [0.2, 0.25) is 5.91 Å². The molecule has 0 spiro atoms. The van der Waals surface area contributed by atoms with E-state index in [-0.39, 0.29) is 43.4 Å². The van der Waals surface area contributed by atoms with Crippen LogP contribution in [0.4, 0.5) is 4.79 Å². The summed E-state index contributed by atoms with van der Waals surface area (Å²) in [7, 11) is 0. The SMILES string of the molecule is CCC(CC(=O)N1C[C@H]2CCC[C@@]2(C(=O)O)C1)NC(=O)OCC1c2ccccc2-c2ccccc21. The van der Waals surface area contributed by atoms with Crippen LogP contribution in [0.3, 0.4) is 0 Å². The number of ether oxygens (including phenoxy) is 1. The predicted octanol–water partition coefficient (Wildman–Crippen LogP) is 4.41. The number of fused-ring (bicyclic) bond motifs is 4. The highest BCUT2D eigenvalue weighted by molar-refractivity contribution is 5.82. The lowest BCUT2D eigenvalue weighted by Crippen LogP contribution is -2.41. The molecule has 0 aromatic heterocycles. The average Bonchev–Trinajstić information content (AvgIpc) is 3.52. The highest BCUT2D eigenvalue weighted by Crippen LogP contribution is 2.49. The number of aliphatic carboxylic acids is 1. The topological polar surface area (TPSA) is 95.9 Å². The van der Waals surface area contributed by atoms with Crippen molar-refractivity contribution in [3.05, 3.63) is 59.7 Å². The maximum absolute atomic E-state index is 13.0. The number of nitrogens with zero attached hydrogens (tertiary/aromatic N) is 1. The summed E-state index contributed by atoms with van der Waals surface area (Å²) >= 11 is 0. The third-order valence-corrected chi connectivity index (χ3v) is 8.23. The normalized spacial score (nSPS) is 23.3. The lowest BCUT2D eigenvalue weighted by Gasteiger charge is -2.24. The van der Waals surface area contributed by atoms with Crippen molar-refractivity contribution in [3.8, 4) is 11.1 Å². The van der Waals surface area contributed by atoms with Crippen LogP contribution in [0.15, 0.2) is 48.5 Å². The summed E-state index contributed by atoms with van der Waals surface area (Å²) in [5, 5.41) is 12.6. The monoisotopic (exact) mass is 476 g/mol. The maximum Gasteiger partial charge on any atom is 0.407 e. The molecular formula is C28H32N2O5. The number of carboxylic acids is 1. The Morgan fingerprint density at radius 2 is 1.77 bits per heavy atom. The summed E-state index contributed by atoms with van der Waals surface area (Å²) < 4.78 is 5.63. The fourth-order valence-corrected chi connectivity index (χ4v) is 6.27. The Kier molecular flexibility index (Phi) is 6.26. The van der Waals surface area contributed by atoms with E-state index in [4.69, 9.17) is 4.74 Å². The van der Waals surface area contributed by atoms with Gasteiger partial charge >= 0.3 is 12.1 Å². The van der Waals surface area contributed by atoms with Crippen LogP contribution in [-0.2, 0) is 14.3 Å². The average molecular weight is 477 g/mol. The van der Waals surface area contributed by atoms with Gasteiger partial charge in [0.25, 0.3) is 0 Å². The van der Waals surface area contributed by atoms with Crippen LogP contribution in [0.25, 0.3) is 11.1 Å². The standard InChI is InChI=1S/C28H32N2O5/c1-2-19(14-25(31)30-15-18-8-7-13-28(18,17-30)26(32)33)29-27(34)35-16-24-22-11-5-3-9-20(22)21-10-4-6-12-23(21)24/h3-6,9-12,18-19,24H,2,7-8,13-17H2,1H3,(H,29,34)(H,32,33)/t18-,19?,28-/m1/s1. The van der Waals surface area contributed by atoms with Crippen molar-refractivity contribution >= 4 is 18.0 Å². The second-order valence-electron chi connectivity index (χ2n) is 10.1. The van der Waals surface area contributed by atoms with Crippen molar-refractivity contribution < 1.29 is 24.2 Å². The summed E-state index contributed by atoms with van der Waals surface area (Å²) in [6, 6.07) is 16.0. The molecule has 7 heteroatoms. The van der Waals surface area contributed by atoms with Crippen LogP contribution >= 0.6 is 0 Å². The molecule has 0 bridgehead atoms. The van der Waals surface area contributed by atoms with E-state index in [0.717, 1.165) is 24.0 Å². The zero-order chi connectivity index (χ0) is 24.6. The molecule has 35 heavy (non-hydrogen) atoms. The number of alkyl carbamates (subject to hydrolysis) is 1. The fourth-order valence-electron chi connectivity index (χ4n) is 6.27. The molecule has 1 heterocycles. The van der Waals surface area contributed by atoms with E-state index in [2.05, 4.69) is 29.6 Å². The van der Waals surface area contributed by atoms with Crippen molar-refractivity contribution in [3.63, 3.8) is 0 Å². The largest absolute Gasteiger partial charge is 0.481 e. The Morgan fingerprint density at radius 1 is 1.11 bits per heavy atom. The molecule has 2 aliphatic carbocycles. The van der Waals surface area contributed by atoms with Gasteiger partial charge in [0.15, 0.2) is 0 Å². The Hall–Kier alpha value is -3.35. The van der Waals surface area contributed by atoms with Gasteiger partial charge in [-0.1, -0.05) is 61.9 Å². The van der Waals surface area contributed by atoms with Crippen LogP contribution in [0, 0.1) is 11.3 Å². The quantitative estimate of drug-likeness (QED) is 0.617. The Labute approximate surface area is 205 Å². The number of amides is 2. The number of likely N-dealkylation sites (tertiary alicyclic amines) is 1. The predicted molar refractivity (Wildman–Crippen MR) is 131 cm³/mol. The number of carboxylic acid groups (broad SMARTS) is 1. The van der Waals surface area contributed by atoms with Gasteiger partial charge < -0.3 is 20.1 Å². The van der Waals surface area contributed by atoms with Gasteiger partial charge in [0.05, 0.1) is 5.41 Å². The van der Waals surface area contributed by atoms with E-state index in [1.807, 2.05) is 31.2 Å². The lowest BCUT2D eigenvalue weighted by molar-refractivity contribution is -0.149. The molecule has 2 fully saturated rings. The van der Waals surface area contributed by atoms with Gasteiger partial charge in [-0.15, -0.1) is 0 Å². The minimum absolute atomic E-state index is 0.0222. The first-order valence-corrected chi connectivity index (χ1v) is 12.6. The molecule has 2 aromatic rings. The van der Waals surface area contributed by atoms with E-state index in [9.17, 15) is 19.5 Å². The number of hydrogen-bond acceptors (Lipinski definition) is 4. The Balaban J connectivity index is 1.17. The molecule has 184 valence electrons. The molecular weight excluding hydrogens is 444 g/mol. The highest BCUT2D eigenvalue weighted by Gasteiger charge is 2.55. The Bertz CT molecular complexity index is 1100. The van der Waals surface area contributed by atoms with Crippen molar-refractivity contribution in [1.82, 2.24) is 10.2 Å². The number of hydrogen-bond donors (Lipinski definition) is 2. The summed E-state index contributed by atoms with van der Waals surface area (Å²) in [4.78, 5) is 39.2. The van der Waals surface area contributed by atoms with E-state index in [0.29, 0.717) is 19.4 Å². The third-order valence-electron chi connectivity index (χ3n) is 8.23. The minimum Gasteiger partial charge on any atom is -0.481 e. The second kappa shape index (κ2) is 9.36. The number of benzene rings is 2. The summed E-state index contributed by atoms with van der Waals surface area (Å²) in [6.07, 6.45) is 2.57. The molecule has 3 atom stereocenters. The van der Waals surface area contributed by atoms with Crippen LogP contribution < -0.4 is 5.32 Å². The van der Waals surface area contributed by atoms with Crippen molar-refractivity contribution in [2.24, 2.45) is 11.3 Å². The van der Waals surface area contributed by atoms with E-state index in [1.54, 1.807) is 4.90 Å². The molecule has 1 saturated carbocycles. The van der Waals surface area contributed by atoms with Gasteiger partial charge in [-0.2, -0.15) is 0 Å². The molecule has 2 amide bonds. The fraction of sp³-hybridized carbons (Fsp3) is 0.464. The molecule has 7 nitrogen and oxygen atoms in total.